The average Bonchev–Trinajstić information content (AvgIpc) is 2.56. The van der Waals surface area contributed by atoms with E-state index in [2.05, 4.69) is 24.4 Å². The Morgan fingerprint density at radius 2 is 2.08 bits per heavy atom. The van der Waals surface area contributed by atoms with Gasteiger partial charge in [-0.1, -0.05) is 26.0 Å². The predicted octanol–water partition coefficient (Wildman–Crippen LogP) is 3.96. The molecule has 132 valence electrons. The van der Waals surface area contributed by atoms with E-state index in [4.69, 9.17) is 4.74 Å². The highest BCUT2D eigenvalue weighted by atomic mass is 127. The number of carbonyl (C=O) groups is 1. The van der Waals surface area contributed by atoms with E-state index in [0.29, 0.717) is 5.92 Å². The lowest BCUT2D eigenvalue weighted by atomic mass is 10.0. The number of hydrazone groups is 1. The molecule has 6 heteroatoms. The predicted molar refractivity (Wildman–Crippen MR) is 107 cm³/mol. The number of halogens is 1. The van der Waals surface area contributed by atoms with Crippen LogP contribution in [0.2, 0.25) is 0 Å². The van der Waals surface area contributed by atoms with Gasteiger partial charge in [-0.15, -0.1) is 0 Å². The number of hydrogen-bond acceptors (Lipinski definition) is 4. The zero-order valence-electron chi connectivity index (χ0n) is 14.4. The molecule has 2 rings (SSSR count). The first-order valence-electron chi connectivity index (χ1n) is 7.90. The summed E-state index contributed by atoms with van der Waals surface area (Å²) >= 11 is 2.03. The normalized spacial score (nSPS) is 11.1. The summed E-state index contributed by atoms with van der Waals surface area (Å²) in [4.78, 5) is 11.9. The summed E-state index contributed by atoms with van der Waals surface area (Å²) in [7, 11) is 0. The summed E-state index contributed by atoms with van der Waals surface area (Å²) < 4.78 is 6.38. The molecule has 0 aliphatic rings. The third kappa shape index (κ3) is 5.74. The van der Waals surface area contributed by atoms with Crippen LogP contribution in [0.25, 0.3) is 0 Å². The maximum absolute atomic E-state index is 11.9. The molecule has 0 radical (unpaired) electrons. The molecule has 0 spiro atoms. The van der Waals surface area contributed by atoms with Crippen LogP contribution in [0.5, 0.6) is 11.5 Å². The zero-order chi connectivity index (χ0) is 18.4. The van der Waals surface area contributed by atoms with Crippen molar-refractivity contribution >= 4 is 34.7 Å². The Labute approximate surface area is 161 Å². The molecule has 2 aromatic rings. The van der Waals surface area contributed by atoms with E-state index in [1.807, 2.05) is 47.7 Å². The number of nitrogens with zero attached hydrogens (tertiary/aromatic N) is 1. The number of phenols is 1. The Hall–Kier alpha value is -2.09. The first-order chi connectivity index (χ1) is 11.9. The van der Waals surface area contributed by atoms with Crippen LogP contribution in [-0.4, -0.2) is 23.8 Å². The standard InChI is InChI=1S/C19H21IN2O3/c1-12(2)15-6-4-13(3)8-18(15)25-11-19(24)22-21-10-14-5-7-17(23)16(20)9-14/h4-10,12,23H,11H2,1-3H3,(H,22,24). The third-order valence-electron chi connectivity index (χ3n) is 3.52. The molecule has 1 amide bonds. The maximum atomic E-state index is 11.9. The van der Waals surface area contributed by atoms with Gasteiger partial charge in [0, 0.05) is 0 Å². The van der Waals surface area contributed by atoms with Crippen LogP contribution in [0.4, 0.5) is 0 Å². The van der Waals surface area contributed by atoms with E-state index < -0.39 is 0 Å². The van der Waals surface area contributed by atoms with Crippen LogP contribution in [0.3, 0.4) is 0 Å². The monoisotopic (exact) mass is 452 g/mol. The maximum Gasteiger partial charge on any atom is 0.277 e. The van der Waals surface area contributed by atoms with E-state index in [0.717, 1.165) is 26.0 Å². The molecule has 0 saturated heterocycles. The summed E-state index contributed by atoms with van der Waals surface area (Å²) in [6.07, 6.45) is 1.52. The van der Waals surface area contributed by atoms with Gasteiger partial charge in [-0.3, -0.25) is 4.79 Å². The van der Waals surface area contributed by atoms with E-state index >= 15 is 0 Å². The van der Waals surface area contributed by atoms with E-state index in [9.17, 15) is 9.90 Å². The molecule has 5 nitrogen and oxygen atoms in total. The number of nitrogens with one attached hydrogen (secondary N) is 1. The van der Waals surface area contributed by atoms with Crippen molar-refractivity contribution in [2.75, 3.05) is 6.61 Å². The molecule has 0 aromatic heterocycles. The van der Waals surface area contributed by atoms with Gasteiger partial charge in [-0.2, -0.15) is 5.10 Å². The fourth-order valence-corrected chi connectivity index (χ4v) is 2.74. The topological polar surface area (TPSA) is 70.9 Å². The lowest BCUT2D eigenvalue weighted by molar-refractivity contribution is -0.123. The lowest BCUT2D eigenvalue weighted by Crippen LogP contribution is -2.25. The molecule has 0 atom stereocenters. The van der Waals surface area contributed by atoms with Crippen LogP contribution in [0, 0.1) is 10.5 Å². The second-order valence-electron chi connectivity index (χ2n) is 5.99. The van der Waals surface area contributed by atoms with Crippen molar-refractivity contribution in [1.29, 1.82) is 0 Å². The number of aromatic hydroxyl groups is 1. The quantitative estimate of drug-likeness (QED) is 0.396. The molecule has 2 aromatic carbocycles. The van der Waals surface area contributed by atoms with Crippen molar-refractivity contribution in [2.45, 2.75) is 26.7 Å². The number of hydrogen-bond donors (Lipinski definition) is 2. The fourth-order valence-electron chi connectivity index (χ4n) is 2.20. The highest BCUT2D eigenvalue weighted by Gasteiger charge is 2.10. The molecule has 2 N–H and O–H groups in total. The number of phenolic OH excluding ortho intramolecular Hbond substituents is 1. The van der Waals surface area contributed by atoms with Crippen LogP contribution >= 0.6 is 22.6 Å². The van der Waals surface area contributed by atoms with Crippen molar-refractivity contribution in [2.24, 2.45) is 5.10 Å². The first kappa shape index (κ1) is 19.2. The highest BCUT2D eigenvalue weighted by Crippen LogP contribution is 2.27. The molecule has 0 fully saturated rings. The van der Waals surface area contributed by atoms with Gasteiger partial charge in [0.15, 0.2) is 6.61 Å². The zero-order valence-corrected chi connectivity index (χ0v) is 16.6. The van der Waals surface area contributed by atoms with Crippen molar-refractivity contribution in [3.05, 3.63) is 56.7 Å². The number of aryl methyl sites for hydroxylation is 1. The second-order valence-corrected chi connectivity index (χ2v) is 7.15. The minimum Gasteiger partial charge on any atom is -0.507 e. The lowest BCUT2D eigenvalue weighted by Gasteiger charge is -2.14. The average molecular weight is 452 g/mol. The molecular weight excluding hydrogens is 431 g/mol. The number of rotatable bonds is 6. The molecule has 0 aliphatic carbocycles. The van der Waals surface area contributed by atoms with E-state index in [1.54, 1.807) is 18.2 Å². The first-order valence-corrected chi connectivity index (χ1v) is 8.98. The van der Waals surface area contributed by atoms with Crippen molar-refractivity contribution < 1.29 is 14.6 Å². The summed E-state index contributed by atoms with van der Waals surface area (Å²) in [6.45, 7) is 6.05. The number of amides is 1. The molecule has 0 saturated carbocycles. The summed E-state index contributed by atoms with van der Waals surface area (Å²) in [5.41, 5.74) is 5.37. The molecule has 0 unspecified atom stereocenters. The van der Waals surface area contributed by atoms with Gasteiger partial charge in [0.25, 0.3) is 5.91 Å². The Balaban J connectivity index is 1.92. The Morgan fingerprint density at radius 1 is 1.32 bits per heavy atom. The Morgan fingerprint density at radius 3 is 2.76 bits per heavy atom. The van der Waals surface area contributed by atoms with Gasteiger partial charge >= 0.3 is 0 Å². The van der Waals surface area contributed by atoms with E-state index in [-0.39, 0.29) is 18.3 Å². The smallest absolute Gasteiger partial charge is 0.277 e. The molecular formula is C19H21IN2O3. The van der Waals surface area contributed by atoms with Crippen LogP contribution in [-0.2, 0) is 4.79 Å². The van der Waals surface area contributed by atoms with E-state index in [1.165, 1.54) is 6.21 Å². The largest absolute Gasteiger partial charge is 0.507 e. The van der Waals surface area contributed by atoms with Crippen molar-refractivity contribution in [1.82, 2.24) is 5.43 Å². The minimum atomic E-state index is -0.332. The third-order valence-corrected chi connectivity index (χ3v) is 4.39. The van der Waals surface area contributed by atoms with Gasteiger partial charge in [-0.25, -0.2) is 5.43 Å². The summed E-state index contributed by atoms with van der Waals surface area (Å²) in [6, 6.07) is 11.1. The molecule has 0 bridgehead atoms. The SMILES string of the molecule is Cc1ccc(C(C)C)c(OCC(=O)NN=Cc2ccc(O)c(I)c2)c1. The number of ether oxygens (including phenoxy) is 1. The van der Waals surface area contributed by atoms with Gasteiger partial charge in [0.1, 0.15) is 11.5 Å². The van der Waals surface area contributed by atoms with Crippen LogP contribution in [0.15, 0.2) is 41.5 Å². The van der Waals surface area contributed by atoms with Crippen molar-refractivity contribution in [3.8, 4) is 11.5 Å². The van der Waals surface area contributed by atoms with Crippen molar-refractivity contribution in [3.63, 3.8) is 0 Å². The molecule has 25 heavy (non-hydrogen) atoms. The number of benzene rings is 2. The molecule has 0 aliphatic heterocycles. The van der Waals surface area contributed by atoms with Gasteiger partial charge in [0.2, 0.25) is 0 Å². The summed E-state index contributed by atoms with van der Waals surface area (Å²) in [5.74, 6) is 0.922. The van der Waals surface area contributed by atoms with Gasteiger partial charge in [0.05, 0.1) is 9.78 Å². The Bertz CT molecular complexity index is 788. The summed E-state index contributed by atoms with van der Waals surface area (Å²) in [5, 5.41) is 13.4. The van der Waals surface area contributed by atoms with Gasteiger partial charge in [-0.05, 0) is 76.4 Å². The number of carbonyl (C=O) groups excluding carboxylic acids is 1. The van der Waals surface area contributed by atoms with Crippen LogP contribution in [0.1, 0.15) is 36.5 Å². The minimum absolute atomic E-state index is 0.104. The van der Waals surface area contributed by atoms with Gasteiger partial charge < -0.3 is 9.84 Å². The second kappa shape index (κ2) is 8.84. The fraction of sp³-hybridized carbons (Fsp3) is 0.263. The molecule has 0 heterocycles. The van der Waals surface area contributed by atoms with Crippen LogP contribution < -0.4 is 10.2 Å². The highest BCUT2D eigenvalue weighted by molar-refractivity contribution is 14.1. The Kier molecular flexibility index (Phi) is 6.81.